The molecule has 2 aromatic heterocycles. The van der Waals surface area contributed by atoms with Gasteiger partial charge >= 0.3 is 5.69 Å². The average Bonchev–Trinajstić information content (AvgIpc) is 3.22. The Morgan fingerprint density at radius 3 is 2.53 bits per heavy atom. The maximum absolute atomic E-state index is 13.4. The van der Waals surface area contributed by atoms with E-state index in [1.807, 2.05) is 0 Å². The lowest BCUT2D eigenvalue weighted by Gasteiger charge is -2.15. The largest absolute Gasteiger partial charge is 0.497 e. The maximum atomic E-state index is 13.4. The van der Waals surface area contributed by atoms with E-state index in [1.54, 1.807) is 62.8 Å². The van der Waals surface area contributed by atoms with Crippen LogP contribution in [0.5, 0.6) is 5.75 Å². The molecule has 0 aliphatic heterocycles. The highest BCUT2D eigenvalue weighted by Crippen LogP contribution is 2.21. The van der Waals surface area contributed by atoms with Gasteiger partial charge in [0.25, 0.3) is 5.56 Å². The van der Waals surface area contributed by atoms with Crippen molar-refractivity contribution in [2.45, 2.75) is 18.4 Å². The van der Waals surface area contributed by atoms with E-state index in [4.69, 9.17) is 4.74 Å². The van der Waals surface area contributed by atoms with Crippen molar-refractivity contribution in [3.05, 3.63) is 80.8 Å². The number of benzene rings is 2. The van der Waals surface area contributed by atoms with E-state index in [9.17, 15) is 13.8 Å². The molecule has 0 radical (unpaired) electrons. The van der Waals surface area contributed by atoms with Gasteiger partial charge in [-0.15, -0.1) is 0 Å². The number of hydrogen-bond acceptors (Lipinski definition) is 5. The molecule has 9 heteroatoms. The van der Waals surface area contributed by atoms with Crippen molar-refractivity contribution in [1.82, 2.24) is 19.1 Å². The molecule has 2 aromatic carbocycles. The van der Waals surface area contributed by atoms with Gasteiger partial charge in [-0.1, -0.05) is 18.2 Å². The van der Waals surface area contributed by atoms with E-state index in [1.165, 1.54) is 10.9 Å². The molecule has 2 heterocycles. The third kappa shape index (κ3) is 3.26. The fourth-order valence-corrected chi connectivity index (χ4v) is 4.28. The van der Waals surface area contributed by atoms with E-state index in [0.717, 1.165) is 10.1 Å². The van der Waals surface area contributed by atoms with Crippen molar-refractivity contribution in [3.63, 3.8) is 0 Å². The second-order valence-electron chi connectivity index (χ2n) is 6.81. The fraction of sp³-hybridized carbons (Fsp3) is 0.190. The first-order valence-electron chi connectivity index (χ1n) is 9.17. The van der Waals surface area contributed by atoms with Crippen molar-refractivity contribution < 1.29 is 8.95 Å². The molecule has 0 aliphatic carbocycles. The monoisotopic (exact) mass is 424 g/mol. The van der Waals surface area contributed by atoms with Crippen LogP contribution in [0.2, 0.25) is 0 Å². The Hall–Kier alpha value is -3.46. The van der Waals surface area contributed by atoms with Gasteiger partial charge < -0.3 is 9.72 Å². The summed E-state index contributed by atoms with van der Waals surface area (Å²) in [6.45, 7) is 1.89. The zero-order chi connectivity index (χ0) is 21.4. The second-order valence-corrected chi connectivity index (χ2v) is 8.16. The number of nitrogens with zero attached hydrogens (tertiary/aromatic N) is 3. The lowest BCUT2D eigenvalue weighted by atomic mass is 10.2. The average molecular weight is 424 g/mol. The van der Waals surface area contributed by atoms with Crippen LogP contribution in [0.4, 0.5) is 0 Å². The third-order valence-electron chi connectivity index (χ3n) is 5.02. The van der Waals surface area contributed by atoms with Crippen molar-refractivity contribution in [1.29, 1.82) is 0 Å². The Morgan fingerprint density at radius 1 is 1.13 bits per heavy atom. The summed E-state index contributed by atoms with van der Waals surface area (Å²) in [4.78, 5) is 34.1. The minimum Gasteiger partial charge on any atom is -0.497 e. The van der Waals surface area contributed by atoms with Crippen LogP contribution >= 0.6 is 0 Å². The van der Waals surface area contributed by atoms with Crippen molar-refractivity contribution in [2.75, 3.05) is 13.4 Å². The number of nitrogens with one attached hydrogen (secondary N) is 1. The number of H-pyrrole nitrogens is 1. The Bertz CT molecular complexity index is 1380. The Kier molecular flexibility index (Phi) is 5.13. The predicted octanol–water partition coefficient (Wildman–Crippen LogP) is 1.98. The minimum absolute atomic E-state index is 0.0923. The molecule has 0 amide bonds. The normalized spacial score (nSPS) is 12.2. The number of aromatic nitrogens is 4. The number of methoxy groups -OCH3 is 1. The van der Waals surface area contributed by atoms with Crippen molar-refractivity contribution in [3.8, 4) is 11.4 Å². The summed E-state index contributed by atoms with van der Waals surface area (Å²) in [6, 6.07) is 12.4. The molecule has 8 nitrogen and oxygen atoms in total. The highest BCUT2D eigenvalue weighted by atomic mass is 32.2. The van der Waals surface area contributed by atoms with Gasteiger partial charge in [0, 0.05) is 11.2 Å². The van der Waals surface area contributed by atoms with Gasteiger partial charge in [-0.2, -0.15) is 0 Å². The molecule has 1 N–H and O–H groups in total. The van der Waals surface area contributed by atoms with Crippen LogP contribution in [0, 0.1) is 6.92 Å². The van der Waals surface area contributed by atoms with E-state index < -0.39 is 22.0 Å². The molecule has 1 unspecified atom stereocenters. The van der Waals surface area contributed by atoms with Crippen LogP contribution in [0.1, 0.15) is 11.1 Å². The van der Waals surface area contributed by atoms with Crippen molar-refractivity contribution in [2.24, 2.45) is 0 Å². The number of aromatic amines is 1. The van der Waals surface area contributed by atoms with Crippen LogP contribution in [0.25, 0.3) is 16.9 Å². The molecule has 4 aromatic rings. The summed E-state index contributed by atoms with van der Waals surface area (Å²) in [5, 5.41) is 0. The molecule has 1 atom stereocenters. The summed E-state index contributed by atoms with van der Waals surface area (Å²) in [5.74, 6) is 0.688. The van der Waals surface area contributed by atoms with Gasteiger partial charge in [-0.25, -0.2) is 14.3 Å². The lowest BCUT2D eigenvalue weighted by molar-refractivity contribution is 0.414. The summed E-state index contributed by atoms with van der Waals surface area (Å²) >= 11 is 0. The highest BCUT2D eigenvalue weighted by molar-refractivity contribution is 7.84. The van der Waals surface area contributed by atoms with Crippen LogP contribution in [-0.4, -0.2) is 36.7 Å². The zero-order valence-electron chi connectivity index (χ0n) is 16.7. The smallest absolute Gasteiger partial charge is 0.337 e. The summed E-state index contributed by atoms with van der Waals surface area (Å²) < 4.78 is 19.8. The molecule has 0 aliphatic rings. The predicted molar refractivity (Wildman–Crippen MR) is 115 cm³/mol. The number of imidazole rings is 1. The quantitative estimate of drug-likeness (QED) is 0.528. The molecule has 4 rings (SSSR count). The first kappa shape index (κ1) is 19.8. The summed E-state index contributed by atoms with van der Waals surface area (Å²) in [7, 11) is 0.350. The fourth-order valence-electron chi connectivity index (χ4n) is 3.47. The molecular weight excluding hydrogens is 404 g/mol. The number of ether oxygens (including phenoxy) is 1. The summed E-state index contributed by atoms with van der Waals surface area (Å²) in [6.07, 6.45) is 2.97. The third-order valence-corrected chi connectivity index (χ3v) is 6.08. The van der Waals surface area contributed by atoms with Crippen LogP contribution in [0.3, 0.4) is 0 Å². The Morgan fingerprint density at radius 2 is 1.87 bits per heavy atom. The molecule has 0 bridgehead atoms. The molecule has 0 fully saturated rings. The van der Waals surface area contributed by atoms with Gasteiger partial charge in [0.2, 0.25) is 0 Å². The molecular formula is C21H20N4O4S. The van der Waals surface area contributed by atoms with Crippen LogP contribution in [-0.2, 0) is 17.3 Å². The second kappa shape index (κ2) is 7.75. The van der Waals surface area contributed by atoms with Gasteiger partial charge in [-0.3, -0.25) is 13.6 Å². The van der Waals surface area contributed by atoms with Gasteiger partial charge in [-0.05, 0) is 42.3 Å². The molecule has 0 saturated heterocycles. The molecule has 0 spiro atoms. The first-order valence-corrected chi connectivity index (χ1v) is 10.7. The van der Waals surface area contributed by atoms with E-state index >= 15 is 0 Å². The molecule has 30 heavy (non-hydrogen) atoms. The van der Waals surface area contributed by atoms with Gasteiger partial charge in [0.15, 0.2) is 5.65 Å². The Balaban J connectivity index is 1.97. The Labute approximate surface area is 174 Å². The first-order chi connectivity index (χ1) is 14.4. The molecule has 0 saturated carbocycles. The van der Waals surface area contributed by atoms with Crippen LogP contribution in [0.15, 0.2) is 63.3 Å². The zero-order valence-corrected chi connectivity index (χ0v) is 17.5. The number of rotatable bonds is 5. The lowest BCUT2D eigenvalue weighted by Crippen LogP contribution is -2.40. The van der Waals surface area contributed by atoms with Gasteiger partial charge in [0.1, 0.15) is 11.3 Å². The van der Waals surface area contributed by atoms with Crippen LogP contribution < -0.4 is 16.0 Å². The van der Waals surface area contributed by atoms with Crippen molar-refractivity contribution >= 4 is 22.0 Å². The number of hydrogen-bond donors (Lipinski definition) is 1. The molecule has 154 valence electrons. The SMILES string of the molecule is COc1ccc(Cn2c(=O)c3[nH]cnc3n(-c3cccc(S(C)=O)c3C)c2=O)cc1. The summed E-state index contributed by atoms with van der Waals surface area (Å²) in [5.41, 5.74) is 1.50. The maximum Gasteiger partial charge on any atom is 0.337 e. The topological polar surface area (TPSA) is 99.0 Å². The van der Waals surface area contributed by atoms with Gasteiger partial charge in [0.05, 0.1) is 36.5 Å². The highest BCUT2D eigenvalue weighted by Gasteiger charge is 2.19. The number of fused-ring (bicyclic) bond motifs is 1. The minimum atomic E-state index is -1.22. The van der Waals surface area contributed by atoms with E-state index in [2.05, 4.69) is 9.97 Å². The van der Waals surface area contributed by atoms with E-state index in [0.29, 0.717) is 21.9 Å². The van der Waals surface area contributed by atoms with E-state index in [-0.39, 0.29) is 17.7 Å². The standard InChI is InChI=1S/C21H20N4O4S/c1-13-16(5-4-6-17(13)30(3)28)25-19-18(22-12-23-19)20(26)24(21(25)27)11-14-7-9-15(29-2)10-8-14/h4-10,12H,11H2,1-3H3,(H,22,23).